The number of aromatic nitrogens is 3. The molecule has 0 bridgehead atoms. The van der Waals surface area contributed by atoms with E-state index < -0.39 is 0 Å². The van der Waals surface area contributed by atoms with Gasteiger partial charge in [0, 0.05) is 11.3 Å². The van der Waals surface area contributed by atoms with Gasteiger partial charge in [-0.15, -0.1) is 5.10 Å². The number of methoxy groups -OCH3 is 1. The van der Waals surface area contributed by atoms with Gasteiger partial charge in [-0.25, -0.2) is 4.98 Å². The second-order valence-electron chi connectivity index (χ2n) is 5.91. The third kappa shape index (κ3) is 4.64. The minimum absolute atomic E-state index is 0.0901. The Bertz CT molecular complexity index is 903. The number of amides is 1. The summed E-state index contributed by atoms with van der Waals surface area (Å²) in [6.07, 6.45) is 0. The van der Waals surface area contributed by atoms with Crippen LogP contribution in [0.3, 0.4) is 0 Å². The van der Waals surface area contributed by atoms with Crippen LogP contribution in [0.15, 0.2) is 47.6 Å². The lowest BCUT2D eigenvalue weighted by Gasteiger charge is -2.06. The normalized spacial score (nSPS) is 10.6. The molecule has 0 unspecified atom stereocenters. The fourth-order valence-electron chi connectivity index (χ4n) is 2.58. The van der Waals surface area contributed by atoms with E-state index in [1.54, 1.807) is 7.11 Å². The Morgan fingerprint density at radius 3 is 2.69 bits per heavy atom. The van der Waals surface area contributed by atoms with Crippen LogP contribution >= 0.6 is 11.8 Å². The Morgan fingerprint density at radius 1 is 1.19 bits per heavy atom. The zero-order valence-corrected chi connectivity index (χ0v) is 15.7. The molecule has 0 spiro atoms. The lowest BCUT2D eigenvalue weighted by atomic mass is 10.1. The molecule has 3 rings (SSSR count). The molecule has 0 radical (unpaired) electrons. The number of hydrogen-bond donors (Lipinski definition) is 2. The van der Waals surface area contributed by atoms with Crippen molar-refractivity contribution in [3.8, 4) is 17.1 Å². The van der Waals surface area contributed by atoms with Crippen molar-refractivity contribution in [3.05, 3.63) is 53.6 Å². The third-order valence-corrected chi connectivity index (χ3v) is 4.49. The Balaban J connectivity index is 1.59. The zero-order chi connectivity index (χ0) is 18.5. The molecule has 0 aliphatic heterocycles. The van der Waals surface area contributed by atoms with Crippen LogP contribution in [-0.2, 0) is 4.79 Å². The summed E-state index contributed by atoms with van der Waals surface area (Å²) in [6.45, 7) is 4.01. The van der Waals surface area contributed by atoms with Gasteiger partial charge in [-0.1, -0.05) is 30.0 Å². The number of H-pyrrole nitrogens is 1. The minimum atomic E-state index is -0.0901. The third-order valence-electron chi connectivity index (χ3n) is 3.65. The molecule has 0 aliphatic carbocycles. The largest absolute Gasteiger partial charge is 0.497 e. The number of carbonyl (C=O) groups is 1. The van der Waals surface area contributed by atoms with Crippen LogP contribution in [0.5, 0.6) is 5.75 Å². The molecule has 0 fully saturated rings. The fraction of sp³-hybridized carbons (Fsp3) is 0.211. The molecule has 0 saturated heterocycles. The van der Waals surface area contributed by atoms with Crippen molar-refractivity contribution in [1.82, 2.24) is 15.2 Å². The van der Waals surface area contributed by atoms with E-state index in [-0.39, 0.29) is 11.7 Å². The Morgan fingerprint density at radius 2 is 1.96 bits per heavy atom. The van der Waals surface area contributed by atoms with Gasteiger partial charge >= 0.3 is 0 Å². The minimum Gasteiger partial charge on any atom is -0.497 e. The number of nitrogens with zero attached hydrogens (tertiary/aromatic N) is 2. The molecule has 6 nitrogen and oxygen atoms in total. The first kappa shape index (κ1) is 18.0. The lowest BCUT2D eigenvalue weighted by molar-refractivity contribution is -0.113. The lowest BCUT2D eigenvalue weighted by Crippen LogP contribution is -2.14. The van der Waals surface area contributed by atoms with Crippen LogP contribution in [0.1, 0.15) is 11.1 Å². The maximum absolute atomic E-state index is 12.2. The van der Waals surface area contributed by atoms with Gasteiger partial charge in [-0.05, 0) is 49.2 Å². The SMILES string of the molecule is COc1cccc(-c2nc(SCC(=O)Nc3cc(C)cc(C)c3)n[nH]2)c1. The van der Waals surface area contributed by atoms with Gasteiger partial charge < -0.3 is 10.1 Å². The number of aromatic amines is 1. The van der Waals surface area contributed by atoms with Gasteiger partial charge in [0.15, 0.2) is 5.82 Å². The zero-order valence-electron chi connectivity index (χ0n) is 14.9. The maximum atomic E-state index is 12.2. The van der Waals surface area contributed by atoms with E-state index in [4.69, 9.17) is 4.74 Å². The highest BCUT2D eigenvalue weighted by Gasteiger charge is 2.10. The molecule has 3 aromatic rings. The summed E-state index contributed by atoms with van der Waals surface area (Å²) in [4.78, 5) is 16.6. The Hall–Kier alpha value is -2.80. The molecule has 26 heavy (non-hydrogen) atoms. The average molecular weight is 368 g/mol. The number of ether oxygens (including phenoxy) is 1. The molecular formula is C19H20N4O2S. The number of benzene rings is 2. The van der Waals surface area contributed by atoms with Gasteiger partial charge in [0.1, 0.15) is 5.75 Å². The van der Waals surface area contributed by atoms with Crippen LogP contribution in [-0.4, -0.2) is 34.0 Å². The first-order chi connectivity index (χ1) is 12.5. The van der Waals surface area contributed by atoms with E-state index in [9.17, 15) is 4.79 Å². The number of aryl methyl sites for hydroxylation is 2. The molecule has 7 heteroatoms. The van der Waals surface area contributed by atoms with Crippen LogP contribution < -0.4 is 10.1 Å². The smallest absolute Gasteiger partial charge is 0.234 e. The summed E-state index contributed by atoms with van der Waals surface area (Å²) in [5.41, 5.74) is 3.92. The molecule has 2 N–H and O–H groups in total. The number of carbonyl (C=O) groups excluding carboxylic acids is 1. The van der Waals surface area contributed by atoms with E-state index in [1.807, 2.05) is 50.2 Å². The summed E-state index contributed by atoms with van der Waals surface area (Å²) >= 11 is 1.28. The first-order valence-corrected chi connectivity index (χ1v) is 9.10. The van der Waals surface area contributed by atoms with Crippen LogP contribution in [0.4, 0.5) is 5.69 Å². The van der Waals surface area contributed by atoms with Gasteiger partial charge in [0.25, 0.3) is 0 Å². The van der Waals surface area contributed by atoms with Crippen LogP contribution in [0.25, 0.3) is 11.4 Å². The Kier molecular flexibility index (Phi) is 5.58. The van der Waals surface area contributed by atoms with E-state index in [0.29, 0.717) is 11.0 Å². The van der Waals surface area contributed by atoms with E-state index >= 15 is 0 Å². The Labute approximate surface area is 156 Å². The predicted molar refractivity (Wildman–Crippen MR) is 104 cm³/mol. The number of hydrogen-bond acceptors (Lipinski definition) is 5. The molecule has 0 saturated carbocycles. The molecule has 0 atom stereocenters. The second kappa shape index (κ2) is 8.05. The highest BCUT2D eigenvalue weighted by molar-refractivity contribution is 7.99. The summed E-state index contributed by atoms with van der Waals surface area (Å²) < 4.78 is 5.22. The van der Waals surface area contributed by atoms with Gasteiger partial charge in [0.2, 0.25) is 11.1 Å². The van der Waals surface area contributed by atoms with Gasteiger partial charge in [-0.3, -0.25) is 9.89 Å². The van der Waals surface area contributed by atoms with Crippen LogP contribution in [0, 0.1) is 13.8 Å². The average Bonchev–Trinajstić information content (AvgIpc) is 3.08. The first-order valence-electron chi connectivity index (χ1n) is 8.11. The molecule has 2 aromatic carbocycles. The van der Waals surface area contributed by atoms with E-state index in [0.717, 1.165) is 28.1 Å². The number of thioether (sulfide) groups is 1. The molecule has 1 heterocycles. The number of anilines is 1. The summed E-state index contributed by atoms with van der Waals surface area (Å²) in [5.74, 6) is 1.54. The van der Waals surface area contributed by atoms with Crippen molar-refractivity contribution in [2.24, 2.45) is 0 Å². The number of nitrogens with one attached hydrogen (secondary N) is 2. The molecule has 1 amide bonds. The summed E-state index contributed by atoms with van der Waals surface area (Å²) in [7, 11) is 1.62. The standard InChI is InChI=1S/C19H20N4O2S/c1-12-7-13(2)9-15(8-12)20-17(24)11-26-19-21-18(22-23-19)14-5-4-6-16(10-14)25-3/h4-10H,11H2,1-3H3,(H,20,24)(H,21,22,23). The summed E-state index contributed by atoms with van der Waals surface area (Å²) in [5, 5.41) is 10.5. The van der Waals surface area contributed by atoms with Crippen LogP contribution in [0.2, 0.25) is 0 Å². The van der Waals surface area contributed by atoms with E-state index in [2.05, 4.69) is 26.6 Å². The number of rotatable bonds is 6. The maximum Gasteiger partial charge on any atom is 0.234 e. The quantitative estimate of drug-likeness (QED) is 0.647. The topological polar surface area (TPSA) is 79.9 Å². The predicted octanol–water partition coefficient (Wildman–Crippen LogP) is 3.83. The van der Waals surface area contributed by atoms with Gasteiger partial charge in [-0.2, -0.15) is 0 Å². The van der Waals surface area contributed by atoms with E-state index in [1.165, 1.54) is 11.8 Å². The molecule has 1 aromatic heterocycles. The highest BCUT2D eigenvalue weighted by atomic mass is 32.2. The monoisotopic (exact) mass is 368 g/mol. The highest BCUT2D eigenvalue weighted by Crippen LogP contribution is 2.23. The molecular weight excluding hydrogens is 348 g/mol. The van der Waals surface area contributed by atoms with Crippen molar-refractivity contribution in [2.75, 3.05) is 18.2 Å². The second-order valence-corrected chi connectivity index (χ2v) is 6.85. The summed E-state index contributed by atoms with van der Waals surface area (Å²) in [6, 6.07) is 13.5. The van der Waals surface area contributed by atoms with Crippen molar-refractivity contribution in [1.29, 1.82) is 0 Å². The van der Waals surface area contributed by atoms with Crippen molar-refractivity contribution in [2.45, 2.75) is 19.0 Å². The van der Waals surface area contributed by atoms with Gasteiger partial charge in [0.05, 0.1) is 12.9 Å². The van der Waals surface area contributed by atoms with Crippen molar-refractivity contribution >= 4 is 23.4 Å². The molecule has 0 aliphatic rings. The van der Waals surface area contributed by atoms with Crippen molar-refractivity contribution in [3.63, 3.8) is 0 Å². The van der Waals surface area contributed by atoms with Crippen molar-refractivity contribution < 1.29 is 9.53 Å². The fourth-order valence-corrected chi connectivity index (χ4v) is 3.18. The molecule has 134 valence electrons.